The lowest BCUT2D eigenvalue weighted by Gasteiger charge is -2.22. The summed E-state index contributed by atoms with van der Waals surface area (Å²) in [5.74, 6) is 1.12. The Morgan fingerprint density at radius 3 is 2.59 bits per heavy atom. The summed E-state index contributed by atoms with van der Waals surface area (Å²) in [4.78, 5) is 0. The molecule has 0 fully saturated rings. The maximum absolute atomic E-state index is 6.00. The van der Waals surface area contributed by atoms with Gasteiger partial charge in [0.2, 0.25) is 0 Å². The minimum atomic E-state index is 0.323. The third kappa shape index (κ3) is 6.35. The molecule has 96 valence electrons. The van der Waals surface area contributed by atoms with Crippen LogP contribution in [0.3, 0.4) is 0 Å². The fraction of sp³-hybridized carbons (Fsp3) is 0.571. The van der Waals surface area contributed by atoms with Gasteiger partial charge < -0.3 is 5.32 Å². The lowest BCUT2D eigenvalue weighted by Crippen LogP contribution is -2.31. The van der Waals surface area contributed by atoms with E-state index in [2.05, 4.69) is 32.2 Å². The van der Waals surface area contributed by atoms with Gasteiger partial charge >= 0.3 is 0 Å². The van der Waals surface area contributed by atoms with Gasteiger partial charge in [0.05, 0.1) is 0 Å². The third-order valence-electron chi connectivity index (χ3n) is 2.50. The number of halogens is 1. The Morgan fingerprint density at radius 1 is 1.35 bits per heavy atom. The molecule has 0 saturated heterocycles. The predicted octanol–water partition coefficient (Wildman–Crippen LogP) is 4.00. The van der Waals surface area contributed by atoms with Gasteiger partial charge in [-0.05, 0) is 31.2 Å². The highest BCUT2D eigenvalue weighted by atomic mass is 35.5. The highest BCUT2D eigenvalue weighted by molar-refractivity contribution is 8.00. The van der Waals surface area contributed by atoms with Gasteiger partial charge in [-0.2, -0.15) is 11.8 Å². The molecule has 1 unspecified atom stereocenters. The smallest absolute Gasteiger partial charge is 0.0408 e. The van der Waals surface area contributed by atoms with Crippen LogP contribution in [0.4, 0.5) is 0 Å². The van der Waals surface area contributed by atoms with Crippen LogP contribution in [-0.2, 0) is 6.42 Å². The molecule has 17 heavy (non-hydrogen) atoms. The van der Waals surface area contributed by atoms with E-state index in [1.807, 2.05) is 37.0 Å². The first-order valence-corrected chi connectivity index (χ1v) is 7.33. The highest BCUT2D eigenvalue weighted by Gasteiger charge is 2.15. The van der Waals surface area contributed by atoms with E-state index in [-0.39, 0.29) is 0 Å². The summed E-state index contributed by atoms with van der Waals surface area (Å²) in [6, 6.07) is 8.62. The molecule has 1 atom stereocenters. The van der Waals surface area contributed by atoms with E-state index in [0.29, 0.717) is 10.8 Å². The van der Waals surface area contributed by atoms with Crippen LogP contribution in [0.2, 0.25) is 5.02 Å². The Labute approximate surface area is 114 Å². The van der Waals surface area contributed by atoms with Crippen LogP contribution in [0.5, 0.6) is 0 Å². The number of nitrogens with one attached hydrogen (secondary N) is 1. The van der Waals surface area contributed by atoms with Crippen molar-refractivity contribution in [1.29, 1.82) is 0 Å². The van der Waals surface area contributed by atoms with Crippen molar-refractivity contribution < 1.29 is 0 Å². The second-order valence-electron chi connectivity index (χ2n) is 5.24. The molecule has 0 radical (unpaired) electrons. The van der Waals surface area contributed by atoms with Crippen LogP contribution in [0.15, 0.2) is 24.3 Å². The van der Waals surface area contributed by atoms with Gasteiger partial charge in [-0.15, -0.1) is 0 Å². The van der Waals surface area contributed by atoms with E-state index in [4.69, 9.17) is 11.6 Å². The molecule has 1 rings (SSSR count). The van der Waals surface area contributed by atoms with E-state index in [1.54, 1.807) is 0 Å². The van der Waals surface area contributed by atoms with Gasteiger partial charge in [-0.25, -0.2) is 0 Å². The van der Waals surface area contributed by atoms with Crippen LogP contribution < -0.4 is 5.32 Å². The van der Waals surface area contributed by atoms with Crippen molar-refractivity contribution in [2.75, 3.05) is 12.8 Å². The van der Waals surface area contributed by atoms with Crippen molar-refractivity contribution in [2.45, 2.75) is 38.0 Å². The molecule has 0 amide bonds. The topological polar surface area (TPSA) is 12.0 Å². The normalized spacial score (nSPS) is 13.7. The zero-order valence-corrected chi connectivity index (χ0v) is 12.7. The molecule has 0 aliphatic heterocycles. The largest absolute Gasteiger partial charge is 0.316 e. The summed E-state index contributed by atoms with van der Waals surface area (Å²) in [6.07, 6.45) is 1.03. The van der Waals surface area contributed by atoms with E-state index in [1.165, 1.54) is 5.56 Å². The predicted molar refractivity (Wildman–Crippen MR) is 80.2 cm³/mol. The van der Waals surface area contributed by atoms with Gasteiger partial charge in [0.25, 0.3) is 0 Å². The minimum absolute atomic E-state index is 0.323. The molecule has 0 bridgehead atoms. The first kappa shape index (κ1) is 14.9. The summed E-state index contributed by atoms with van der Waals surface area (Å²) < 4.78 is 0.323. The van der Waals surface area contributed by atoms with E-state index < -0.39 is 0 Å². The van der Waals surface area contributed by atoms with Crippen LogP contribution in [0.1, 0.15) is 26.3 Å². The summed E-state index contributed by atoms with van der Waals surface area (Å²) in [6.45, 7) is 6.76. The van der Waals surface area contributed by atoms with E-state index >= 15 is 0 Å². The Bertz CT molecular complexity index is 346. The van der Waals surface area contributed by atoms with Crippen molar-refractivity contribution in [1.82, 2.24) is 5.32 Å². The van der Waals surface area contributed by atoms with Crippen molar-refractivity contribution in [3.8, 4) is 0 Å². The molecule has 0 aliphatic carbocycles. The number of hydrogen-bond donors (Lipinski definition) is 1. The monoisotopic (exact) mass is 271 g/mol. The molecule has 1 aromatic rings. The zero-order chi connectivity index (χ0) is 12.9. The van der Waals surface area contributed by atoms with Crippen LogP contribution in [0, 0.1) is 0 Å². The van der Waals surface area contributed by atoms with Crippen molar-refractivity contribution in [3.63, 3.8) is 0 Å². The average molecular weight is 272 g/mol. The first-order valence-electron chi connectivity index (χ1n) is 5.96. The van der Waals surface area contributed by atoms with Gasteiger partial charge in [0, 0.05) is 21.6 Å². The second kappa shape index (κ2) is 6.67. The number of thioether (sulfide) groups is 1. The van der Waals surface area contributed by atoms with Gasteiger partial charge in [-0.1, -0.05) is 44.5 Å². The van der Waals surface area contributed by atoms with Crippen molar-refractivity contribution in [2.24, 2.45) is 0 Å². The standard InChI is InChI=1S/C14H22ClNS/c1-14(2,3)17-10-13(16-4)9-11-6-5-7-12(15)8-11/h5-8,13,16H,9-10H2,1-4H3. The molecule has 0 spiro atoms. The fourth-order valence-electron chi connectivity index (χ4n) is 1.54. The van der Waals surface area contributed by atoms with E-state index in [0.717, 1.165) is 17.2 Å². The first-order chi connectivity index (χ1) is 7.90. The second-order valence-corrected chi connectivity index (χ2v) is 7.53. The molecular weight excluding hydrogens is 250 g/mol. The third-order valence-corrected chi connectivity index (χ3v) is 4.17. The van der Waals surface area contributed by atoms with Crippen LogP contribution in [0.25, 0.3) is 0 Å². The number of likely N-dealkylation sites (N-methyl/N-ethyl adjacent to an activating group) is 1. The quantitative estimate of drug-likeness (QED) is 0.869. The summed E-state index contributed by atoms with van der Waals surface area (Å²) >= 11 is 7.99. The molecule has 0 heterocycles. The van der Waals surface area contributed by atoms with Crippen LogP contribution >= 0.6 is 23.4 Å². The number of benzene rings is 1. The Hall–Kier alpha value is -0.180. The lowest BCUT2D eigenvalue weighted by molar-refractivity contribution is 0.613. The molecule has 0 aromatic heterocycles. The van der Waals surface area contributed by atoms with Crippen molar-refractivity contribution >= 4 is 23.4 Å². The minimum Gasteiger partial charge on any atom is -0.316 e. The molecule has 1 nitrogen and oxygen atoms in total. The molecule has 1 aromatic carbocycles. The molecule has 1 N–H and O–H groups in total. The number of rotatable bonds is 5. The molecule has 0 saturated carbocycles. The summed E-state index contributed by atoms with van der Waals surface area (Å²) in [5, 5.41) is 4.20. The van der Waals surface area contributed by atoms with Gasteiger partial charge in [-0.3, -0.25) is 0 Å². The van der Waals surface area contributed by atoms with E-state index in [9.17, 15) is 0 Å². The van der Waals surface area contributed by atoms with Crippen molar-refractivity contribution in [3.05, 3.63) is 34.9 Å². The lowest BCUT2D eigenvalue weighted by atomic mass is 10.1. The maximum atomic E-state index is 6.00. The highest BCUT2D eigenvalue weighted by Crippen LogP contribution is 2.24. The Morgan fingerprint density at radius 2 is 2.06 bits per heavy atom. The number of hydrogen-bond acceptors (Lipinski definition) is 2. The fourth-order valence-corrected chi connectivity index (χ4v) is 2.74. The average Bonchev–Trinajstić information content (AvgIpc) is 2.23. The summed E-state index contributed by atoms with van der Waals surface area (Å²) in [7, 11) is 2.03. The molecule has 0 aliphatic rings. The van der Waals surface area contributed by atoms with Gasteiger partial charge in [0.15, 0.2) is 0 Å². The molecule has 3 heteroatoms. The maximum Gasteiger partial charge on any atom is 0.0408 e. The SMILES string of the molecule is CNC(CSC(C)(C)C)Cc1cccc(Cl)c1. The summed E-state index contributed by atoms with van der Waals surface area (Å²) in [5.41, 5.74) is 1.30. The molecular formula is C14H22ClNS. The van der Waals surface area contributed by atoms with Crippen LogP contribution in [-0.4, -0.2) is 23.6 Å². The Balaban J connectivity index is 2.52. The Kier molecular flexibility index (Phi) is 5.84. The van der Waals surface area contributed by atoms with Gasteiger partial charge in [0.1, 0.15) is 0 Å². The zero-order valence-electron chi connectivity index (χ0n) is 11.1.